The van der Waals surface area contributed by atoms with Crippen molar-refractivity contribution < 1.29 is 0 Å². The number of nitrogens with two attached hydrogens (primary N) is 1. The number of rotatable bonds is 1. The van der Waals surface area contributed by atoms with Gasteiger partial charge >= 0.3 is 0 Å². The Kier molecular flexibility index (Phi) is 2.37. The molecule has 2 aromatic rings. The van der Waals surface area contributed by atoms with Gasteiger partial charge in [0, 0.05) is 5.56 Å². The quantitative estimate of drug-likeness (QED) is 0.649. The zero-order valence-electron chi connectivity index (χ0n) is 8.54. The van der Waals surface area contributed by atoms with Crippen molar-refractivity contribution in [1.29, 1.82) is 0 Å². The van der Waals surface area contributed by atoms with E-state index in [1.807, 2.05) is 18.2 Å². The van der Waals surface area contributed by atoms with Crippen molar-refractivity contribution >= 4 is 46.1 Å². The fraction of sp³-hybridized carbons (Fsp3) is 0.111. The van der Waals surface area contributed by atoms with Crippen LogP contribution in [0.5, 0.6) is 0 Å². The Hall–Kier alpha value is -1.80. The lowest BCUT2D eigenvalue weighted by Crippen LogP contribution is -2.49. The Labute approximate surface area is 106 Å². The van der Waals surface area contributed by atoms with Gasteiger partial charge in [-0.2, -0.15) is 8.75 Å². The van der Waals surface area contributed by atoms with Crippen molar-refractivity contribution in [2.45, 2.75) is 6.17 Å². The van der Waals surface area contributed by atoms with Crippen LogP contribution in [0, 0.1) is 0 Å². The van der Waals surface area contributed by atoms with Crippen molar-refractivity contribution in [2.75, 3.05) is 0 Å². The fourth-order valence-electron chi connectivity index (χ4n) is 1.68. The van der Waals surface area contributed by atoms with Crippen LogP contribution in [-0.2, 0) is 0 Å². The topological polar surface area (TPSA) is 88.2 Å². The molecule has 0 bridgehead atoms. The van der Waals surface area contributed by atoms with Crippen LogP contribution in [0.3, 0.4) is 0 Å². The number of nitrogens with zero attached hydrogens (tertiary/aromatic N) is 3. The maximum absolute atomic E-state index is 5.65. The highest BCUT2D eigenvalue weighted by atomic mass is 32.1. The number of thiocarbonyl (C=S) groups is 1. The van der Waals surface area contributed by atoms with E-state index in [-0.39, 0.29) is 6.17 Å². The molecule has 8 heteroatoms. The summed E-state index contributed by atoms with van der Waals surface area (Å²) in [6.07, 6.45) is -0.309. The summed E-state index contributed by atoms with van der Waals surface area (Å²) in [4.78, 5) is 4.25. The molecule has 1 aliphatic heterocycles. The molecule has 0 unspecified atom stereocenters. The van der Waals surface area contributed by atoms with E-state index in [0.717, 1.165) is 16.6 Å². The van der Waals surface area contributed by atoms with Gasteiger partial charge in [-0.15, -0.1) is 0 Å². The zero-order chi connectivity index (χ0) is 11.8. The van der Waals surface area contributed by atoms with Gasteiger partial charge in [0.25, 0.3) is 0 Å². The molecule has 2 heterocycles. The van der Waals surface area contributed by atoms with E-state index in [4.69, 9.17) is 18.0 Å². The predicted molar refractivity (Wildman–Crippen MR) is 70.6 cm³/mol. The van der Waals surface area contributed by atoms with Gasteiger partial charge in [-0.05, 0) is 18.3 Å². The zero-order valence-corrected chi connectivity index (χ0v) is 10.2. The van der Waals surface area contributed by atoms with Crippen LogP contribution in [0.25, 0.3) is 11.0 Å². The molecule has 1 aromatic heterocycles. The summed E-state index contributed by atoms with van der Waals surface area (Å²) in [5, 5.41) is 6.23. The van der Waals surface area contributed by atoms with Crippen LogP contribution >= 0.6 is 23.9 Å². The standard InChI is InChI=1S/C9H8N6S2/c10-8-11-7(12-9(16)13-8)4-2-1-3-5-6(4)15-17-14-5/h1-3,7H,(H4,10,11,12,13,16)/t7-/m0/s1. The van der Waals surface area contributed by atoms with Crippen LogP contribution in [0.2, 0.25) is 0 Å². The number of hydrogen-bond donors (Lipinski definition) is 3. The highest BCUT2D eigenvalue weighted by Crippen LogP contribution is 2.24. The van der Waals surface area contributed by atoms with Gasteiger partial charge in [0.15, 0.2) is 17.2 Å². The number of guanidine groups is 1. The third-order valence-electron chi connectivity index (χ3n) is 2.39. The molecule has 0 radical (unpaired) electrons. The first-order valence-electron chi connectivity index (χ1n) is 4.86. The first kappa shape index (κ1) is 10.4. The number of hydrogen-bond acceptors (Lipinski definition) is 6. The van der Waals surface area contributed by atoms with Crippen molar-refractivity contribution in [3.63, 3.8) is 0 Å². The Morgan fingerprint density at radius 2 is 2.24 bits per heavy atom. The summed E-state index contributed by atoms with van der Waals surface area (Å²) < 4.78 is 8.45. The lowest BCUT2D eigenvalue weighted by Gasteiger charge is -2.23. The molecule has 1 aromatic carbocycles. The van der Waals surface area contributed by atoms with Crippen LogP contribution in [0.1, 0.15) is 11.7 Å². The third kappa shape index (κ3) is 1.81. The van der Waals surface area contributed by atoms with E-state index in [9.17, 15) is 0 Å². The van der Waals surface area contributed by atoms with Gasteiger partial charge in [-0.1, -0.05) is 12.1 Å². The molecule has 3 rings (SSSR count). The predicted octanol–water partition coefficient (Wildman–Crippen LogP) is 0.482. The van der Waals surface area contributed by atoms with Crippen molar-refractivity contribution in [2.24, 2.45) is 10.7 Å². The van der Waals surface area contributed by atoms with E-state index in [2.05, 4.69) is 24.4 Å². The van der Waals surface area contributed by atoms with Gasteiger partial charge in [-0.25, -0.2) is 4.99 Å². The number of nitrogens with one attached hydrogen (secondary N) is 2. The minimum atomic E-state index is -0.309. The second kappa shape index (κ2) is 3.90. The smallest absolute Gasteiger partial charge is 0.197 e. The number of benzene rings is 1. The second-order valence-corrected chi connectivity index (χ2v) is 4.43. The average Bonchev–Trinajstić information content (AvgIpc) is 2.75. The van der Waals surface area contributed by atoms with E-state index in [1.165, 1.54) is 11.7 Å². The van der Waals surface area contributed by atoms with E-state index in [0.29, 0.717) is 11.1 Å². The SMILES string of the molecule is NC1=N[C@H](c2cccc3nsnc23)NC(=S)N1. The summed E-state index contributed by atoms with van der Waals surface area (Å²) in [5.41, 5.74) is 8.25. The lowest BCUT2D eigenvalue weighted by molar-refractivity contribution is 0.664. The molecule has 4 N–H and O–H groups in total. The molecular weight excluding hydrogens is 256 g/mol. The monoisotopic (exact) mass is 264 g/mol. The molecule has 1 atom stereocenters. The van der Waals surface area contributed by atoms with Crippen molar-refractivity contribution in [3.05, 3.63) is 23.8 Å². The lowest BCUT2D eigenvalue weighted by atomic mass is 10.1. The number of aliphatic imine (C=N–C) groups is 1. The molecule has 0 fully saturated rings. The van der Waals surface area contributed by atoms with E-state index >= 15 is 0 Å². The van der Waals surface area contributed by atoms with Gasteiger partial charge in [0.05, 0.1) is 11.7 Å². The molecule has 0 spiro atoms. The molecule has 1 aliphatic rings. The largest absolute Gasteiger partial charge is 0.370 e. The van der Waals surface area contributed by atoms with E-state index in [1.54, 1.807) is 0 Å². The number of fused-ring (bicyclic) bond motifs is 1. The van der Waals surface area contributed by atoms with Crippen LogP contribution < -0.4 is 16.4 Å². The second-order valence-electron chi connectivity index (χ2n) is 3.49. The van der Waals surface area contributed by atoms with Crippen LogP contribution in [0.4, 0.5) is 0 Å². The van der Waals surface area contributed by atoms with Gasteiger partial charge < -0.3 is 16.4 Å². The Bertz CT molecular complexity index is 619. The minimum absolute atomic E-state index is 0.305. The highest BCUT2D eigenvalue weighted by Gasteiger charge is 2.20. The third-order valence-corrected chi connectivity index (χ3v) is 3.15. The summed E-state index contributed by atoms with van der Waals surface area (Å²) in [6.45, 7) is 0. The van der Waals surface area contributed by atoms with E-state index < -0.39 is 0 Å². The maximum atomic E-state index is 5.65. The molecule has 0 saturated heterocycles. The highest BCUT2D eigenvalue weighted by molar-refractivity contribution is 7.80. The molecule has 86 valence electrons. The Morgan fingerprint density at radius 1 is 1.35 bits per heavy atom. The summed E-state index contributed by atoms with van der Waals surface area (Å²) in [6, 6.07) is 5.76. The van der Waals surface area contributed by atoms with Gasteiger partial charge in [0.2, 0.25) is 0 Å². The number of aromatic nitrogens is 2. The molecular formula is C9H8N6S2. The van der Waals surface area contributed by atoms with Gasteiger partial charge in [0.1, 0.15) is 11.0 Å². The average molecular weight is 264 g/mol. The molecule has 0 saturated carbocycles. The van der Waals surface area contributed by atoms with Crippen molar-refractivity contribution in [3.8, 4) is 0 Å². The normalized spacial score (nSPS) is 19.6. The summed E-state index contributed by atoms with van der Waals surface area (Å²) >= 11 is 6.22. The first-order chi connectivity index (χ1) is 8.24. The fourth-order valence-corrected chi connectivity index (χ4v) is 2.45. The minimum Gasteiger partial charge on any atom is -0.370 e. The van der Waals surface area contributed by atoms with Crippen LogP contribution in [0.15, 0.2) is 23.2 Å². The Balaban J connectivity index is 2.12. The first-order valence-corrected chi connectivity index (χ1v) is 6.00. The van der Waals surface area contributed by atoms with Crippen molar-refractivity contribution in [1.82, 2.24) is 19.4 Å². The van der Waals surface area contributed by atoms with Gasteiger partial charge in [-0.3, -0.25) is 0 Å². The maximum Gasteiger partial charge on any atom is 0.197 e. The van der Waals surface area contributed by atoms with Crippen LogP contribution in [-0.4, -0.2) is 19.8 Å². The summed E-state index contributed by atoms with van der Waals surface area (Å²) in [7, 11) is 0. The molecule has 17 heavy (non-hydrogen) atoms. The molecule has 0 aliphatic carbocycles. The Morgan fingerprint density at radius 3 is 3.06 bits per heavy atom. The molecule has 6 nitrogen and oxygen atoms in total. The molecule has 0 amide bonds. The summed E-state index contributed by atoms with van der Waals surface area (Å²) in [5.74, 6) is 0.305.